The zero-order valence-corrected chi connectivity index (χ0v) is 9.31. The average molecular weight is 217 g/mol. The molecule has 16 heavy (non-hydrogen) atoms. The quantitative estimate of drug-likeness (QED) is 0.856. The number of hydrogen-bond acceptors (Lipinski definition) is 3. The number of aromatic nitrogens is 1. The van der Waals surface area contributed by atoms with Crippen molar-refractivity contribution in [2.24, 2.45) is 0 Å². The number of nitrogens with zero attached hydrogens (tertiary/aromatic N) is 1. The topological polar surface area (TPSA) is 46.3 Å². The van der Waals surface area contributed by atoms with Crippen molar-refractivity contribution in [3.63, 3.8) is 0 Å². The Morgan fingerprint density at radius 3 is 2.69 bits per heavy atom. The van der Waals surface area contributed by atoms with E-state index in [4.69, 9.17) is 9.52 Å². The van der Waals surface area contributed by atoms with Gasteiger partial charge in [-0.05, 0) is 13.3 Å². The largest absolute Gasteiger partial charge is 0.448 e. The molecule has 1 aromatic heterocycles. The first-order chi connectivity index (χ1) is 7.79. The lowest BCUT2D eigenvalue weighted by molar-refractivity contribution is 0.283. The Morgan fingerprint density at radius 1 is 1.25 bits per heavy atom. The molecule has 0 aliphatic rings. The summed E-state index contributed by atoms with van der Waals surface area (Å²) < 4.78 is 5.33. The fraction of sp³-hybridized carbons (Fsp3) is 0.308. The molecule has 0 atom stereocenters. The Labute approximate surface area is 94.8 Å². The lowest BCUT2D eigenvalue weighted by atomic mass is 10.1. The molecular formula is C13H15NO2. The molecule has 0 amide bonds. The predicted molar refractivity (Wildman–Crippen MR) is 62.1 cm³/mol. The molecule has 3 heteroatoms. The van der Waals surface area contributed by atoms with Crippen LogP contribution in [-0.2, 0) is 6.42 Å². The van der Waals surface area contributed by atoms with Gasteiger partial charge in [-0.15, -0.1) is 0 Å². The number of aliphatic hydroxyl groups is 1. The van der Waals surface area contributed by atoms with Crippen molar-refractivity contribution < 1.29 is 9.52 Å². The third kappa shape index (κ3) is 2.49. The van der Waals surface area contributed by atoms with E-state index in [9.17, 15) is 0 Å². The highest BCUT2D eigenvalue weighted by molar-refractivity contribution is 5.58. The second-order valence-corrected chi connectivity index (χ2v) is 3.82. The van der Waals surface area contributed by atoms with Gasteiger partial charge in [-0.1, -0.05) is 29.8 Å². The van der Waals surface area contributed by atoms with E-state index in [1.54, 1.807) is 6.26 Å². The minimum absolute atomic E-state index is 0.169. The Balaban J connectivity index is 2.15. The maximum absolute atomic E-state index is 8.71. The summed E-state index contributed by atoms with van der Waals surface area (Å²) in [7, 11) is 0. The predicted octanol–water partition coefficient (Wildman–Crippen LogP) is 2.57. The van der Waals surface area contributed by atoms with Crippen LogP contribution in [0.4, 0.5) is 0 Å². The van der Waals surface area contributed by atoms with Crippen LogP contribution >= 0.6 is 0 Å². The molecule has 84 valence electrons. The molecule has 2 rings (SSSR count). The summed E-state index contributed by atoms with van der Waals surface area (Å²) in [6.45, 7) is 2.22. The molecule has 0 saturated carbocycles. The van der Waals surface area contributed by atoms with Gasteiger partial charge >= 0.3 is 0 Å². The molecule has 0 bridgehead atoms. The van der Waals surface area contributed by atoms with Crippen LogP contribution in [0.2, 0.25) is 0 Å². The van der Waals surface area contributed by atoms with E-state index < -0.39 is 0 Å². The van der Waals surface area contributed by atoms with E-state index in [1.165, 1.54) is 5.56 Å². The summed E-state index contributed by atoms with van der Waals surface area (Å²) in [6, 6.07) is 8.17. The molecule has 0 spiro atoms. The van der Waals surface area contributed by atoms with E-state index in [0.29, 0.717) is 18.7 Å². The summed E-state index contributed by atoms with van der Waals surface area (Å²) in [6.07, 6.45) is 3.04. The van der Waals surface area contributed by atoms with Gasteiger partial charge in [0.1, 0.15) is 12.0 Å². The summed E-state index contributed by atoms with van der Waals surface area (Å²) in [5.74, 6) is 0.685. The molecule has 0 saturated heterocycles. The van der Waals surface area contributed by atoms with Crippen LogP contribution in [0, 0.1) is 6.92 Å². The Morgan fingerprint density at radius 2 is 2.00 bits per heavy atom. The molecule has 0 unspecified atom stereocenters. The van der Waals surface area contributed by atoms with Crippen LogP contribution in [0.1, 0.15) is 17.9 Å². The summed E-state index contributed by atoms with van der Waals surface area (Å²) in [5.41, 5.74) is 3.14. The van der Waals surface area contributed by atoms with Gasteiger partial charge in [0.2, 0.25) is 0 Å². The second kappa shape index (κ2) is 4.94. The van der Waals surface area contributed by atoms with Crippen LogP contribution in [0.15, 0.2) is 34.9 Å². The van der Waals surface area contributed by atoms with Crippen LogP contribution < -0.4 is 0 Å². The minimum atomic E-state index is 0.169. The van der Waals surface area contributed by atoms with Crippen molar-refractivity contribution in [3.05, 3.63) is 42.0 Å². The summed E-state index contributed by atoms with van der Waals surface area (Å²) in [5, 5.41) is 8.71. The van der Waals surface area contributed by atoms with E-state index in [1.807, 2.05) is 12.1 Å². The smallest absolute Gasteiger partial charge is 0.194 e. The highest BCUT2D eigenvalue weighted by Gasteiger charge is 2.05. The fourth-order valence-electron chi connectivity index (χ4n) is 1.51. The lowest BCUT2D eigenvalue weighted by Gasteiger charge is -1.95. The van der Waals surface area contributed by atoms with Crippen LogP contribution in [-0.4, -0.2) is 16.7 Å². The SMILES string of the molecule is Cc1ccc(-c2coc(CCCO)n2)cc1. The number of rotatable bonds is 4. The monoisotopic (exact) mass is 217 g/mol. The van der Waals surface area contributed by atoms with Crippen molar-refractivity contribution in [1.29, 1.82) is 0 Å². The Hall–Kier alpha value is -1.61. The minimum Gasteiger partial charge on any atom is -0.448 e. The zero-order valence-electron chi connectivity index (χ0n) is 9.31. The molecule has 0 aliphatic carbocycles. The normalized spacial score (nSPS) is 10.6. The van der Waals surface area contributed by atoms with Crippen LogP contribution in [0.5, 0.6) is 0 Å². The van der Waals surface area contributed by atoms with Gasteiger partial charge < -0.3 is 9.52 Å². The number of benzene rings is 1. The molecular weight excluding hydrogens is 202 g/mol. The maximum atomic E-state index is 8.71. The molecule has 0 fully saturated rings. The Kier molecular flexibility index (Phi) is 3.37. The first-order valence-electron chi connectivity index (χ1n) is 5.42. The number of oxazole rings is 1. The number of aryl methyl sites for hydroxylation is 2. The number of hydrogen-bond donors (Lipinski definition) is 1. The molecule has 0 aliphatic heterocycles. The maximum Gasteiger partial charge on any atom is 0.194 e. The van der Waals surface area contributed by atoms with Gasteiger partial charge in [-0.2, -0.15) is 0 Å². The molecule has 1 aromatic carbocycles. The van der Waals surface area contributed by atoms with Gasteiger partial charge in [-0.25, -0.2) is 4.98 Å². The van der Waals surface area contributed by atoms with Crippen molar-refractivity contribution in [1.82, 2.24) is 4.98 Å². The molecule has 2 aromatic rings. The zero-order chi connectivity index (χ0) is 11.4. The lowest BCUT2D eigenvalue weighted by Crippen LogP contribution is -1.89. The van der Waals surface area contributed by atoms with E-state index in [2.05, 4.69) is 24.0 Å². The first-order valence-corrected chi connectivity index (χ1v) is 5.42. The second-order valence-electron chi connectivity index (χ2n) is 3.82. The highest BCUT2D eigenvalue weighted by atomic mass is 16.3. The van der Waals surface area contributed by atoms with E-state index >= 15 is 0 Å². The van der Waals surface area contributed by atoms with Crippen LogP contribution in [0.25, 0.3) is 11.3 Å². The Bertz CT molecular complexity index is 445. The van der Waals surface area contributed by atoms with Crippen molar-refractivity contribution in [2.75, 3.05) is 6.61 Å². The first kappa shape index (κ1) is 10.9. The van der Waals surface area contributed by atoms with Gasteiger partial charge in [0, 0.05) is 18.6 Å². The third-order valence-corrected chi connectivity index (χ3v) is 2.45. The highest BCUT2D eigenvalue weighted by Crippen LogP contribution is 2.19. The van der Waals surface area contributed by atoms with Crippen molar-refractivity contribution in [3.8, 4) is 11.3 Å². The molecule has 0 radical (unpaired) electrons. The van der Waals surface area contributed by atoms with Gasteiger partial charge in [0.25, 0.3) is 0 Å². The van der Waals surface area contributed by atoms with E-state index in [-0.39, 0.29) is 6.61 Å². The van der Waals surface area contributed by atoms with E-state index in [0.717, 1.165) is 11.3 Å². The third-order valence-electron chi connectivity index (χ3n) is 2.45. The molecule has 3 nitrogen and oxygen atoms in total. The van der Waals surface area contributed by atoms with Gasteiger partial charge in [-0.3, -0.25) is 0 Å². The average Bonchev–Trinajstić information content (AvgIpc) is 2.76. The molecule has 1 N–H and O–H groups in total. The van der Waals surface area contributed by atoms with Crippen molar-refractivity contribution in [2.45, 2.75) is 19.8 Å². The standard InChI is InChI=1S/C13H15NO2/c1-10-4-6-11(7-5-10)12-9-16-13(14-12)3-2-8-15/h4-7,9,15H,2-3,8H2,1H3. The fourth-order valence-corrected chi connectivity index (χ4v) is 1.51. The number of aliphatic hydroxyl groups excluding tert-OH is 1. The van der Waals surface area contributed by atoms with Crippen molar-refractivity contribution >= 4 is 0 Å². The van der Waals surface area contributed by atoms with Gasteiger partial charge in [0.05, 0.1) is 0 Å². The molecule has 1 heterocycles. The summed E-state index contributed by atoms with van der Waals surface area (Å²) >= 11 is 0. The summed E-state index contributed by atoms with van der Waals surface area (Å²) in [4.78, 5) is 4.37. The van der Waals surface area contributed by atoms with Crippen LogP contribution in [0.3, 0.4) is 0 Å². The van der Waals surface area contributed by atoms with Gasteiger partial charge in [0.15, 0.2) is 5.89 Å².